The van der Waals surface area contributed by atoms with Gasteiger partial charge < -0.3 is 10.5 Å². The molecule has 0 spiro atoms. The number of nitrogens with one attached hydrogen (secondary N) is 2. The molecule has 6 heteroatoms. The van der Waals surface area contributed by atoms with Gasteiger partial charge in [0.1, 0.15) is 5.82 Å². The maximum Gasteiger partial charge on any atom is 0.236 e. The van der Waals surface area contributed by atoms with Crippen molar-refractivity contribution in [2.75, 3.05) is 19.6 Å². The van der Waals surface area contributed by atoms with Gasteiger partial charge in [0.25, 0.3) is 0 Å². The number of fused-ring (bicyclic) bond motifs is 1. The first-order valence-electron chi connectivity index (χ1n) is 7.16. The van der Waals surface area contributed by atoms with Crippen LogP contribution in [0.5, 0.6) is 0 Å². The summed E-state index contributed by atoms with van der Waals surface area (Å²) in [6.07, 6.45) is 0.898. The second-order valence-electron chi connectivity index (χ2n) is 5.66. The molecule has 2 rings (SSSR count). The first-order chi connectivity index (χ1) is 9.99. The van der Waals surface area contributed by atoms with Crippen LogP contribution in [0.3, 0.4) is 0 Å². The number of benzene rings is 1. The first kappa shape index (κ1) is 15.9. The number of aryl methyl sites for hydroxylation is 1. The molecule has 21 heavy (non-hydrogen) atoms. The van der Waals surface area contributed by atoms with E-state index < -0.39 is 0 Å². The predicted octanol–water partition coefficient (Wildman–Crippen LogP) is 0.976. The van der Waals surface area contributed by atoms with Crippen LogP contribution in [0.15, 0.2) is 12.1 Å². The number of amides is 1. The third-order valence-corrected chi connectivity index (χ3v) is 3.75. The van der Waals surface area contributed by atoms with E-state index in [1.807, 2.05) is 18.5 Å². The Balaban J connectivity index is 1.92. The smallest absolute Gasteiger partial charge is 0.236 e. The highest BCUT2D eigenvalue weighted by Crippen LogP contribution is 2.22. The molecule has 1 atom stereocenters. The van der Waals surface area contributed by atoms with E-state index in [2.05, 4.69) is 10.2 Å². The van der Waals surface area contributed by atoms with Gasteiger partial charge in [-0.1, -0.05) is 6.07 Å². The summed E-state index contributed by atoms with van der Waals surface area (Å²) in [5.41, 5.74) is 4.77. The number of halogens is 1. The highest BCUT2D eigenvalue weighted by atomic mass is 19.1. The lowest BCUT2D eigenvalue weighted by Gasteiger charge is -2.31. The number of rotatable bonds is 5. The summed E-state index contributed by atoms with van der Waals surface area (Å²) in [5.74, 6) is -0.407. The number of hydrogen-bond acceptors (Lipinski definition) is 4. The van der Waals surface area contributed by atoms with Gasteiger partial charge in [0.05, 0.1) is 6.54 Å². The molecule has 0 radical (unpaired) electrons. The third kappa shape index (κ3) is 4.23. The summed E-state index contributed by atoms with van der Waals surface area (Å²) in [6.45, 7) is 5.89. The molecule has 0 bridgehead atoms. The summed E-state index contributed by atoms with van der Waals surface area (Å²) < 4.78 is 13.6. The number of hydrogen-bond donors (Lipinski definition) is 3. The van der Waals surface area contributed by atoms with Gasteiger partial charge in [0.2, 0.25) is 5.91 Å². The normalized spacial score (nSPS) is 16.4. The van der Waals surface area contributed by atoms with E-state index in [0.717, 1.165) is 18.5 Å². The molecule has 1 heterocycles. The van der Waals surface area contributed by atoms with Gasteiger partial charge in [-0.25, -0.2) is 4.39 Å². The van der Waals surface area contributed by atoms with Crippen molar-refractivity contribution in [2.45, 2.75) is 32.9 Å². The summed E-state index contributed by atoms with van der Waals surface area (Å²) in [4.78, 5) is 13.6. The van der Waals surface area contributed by atoms with Crippen LogP contribution in [-0.2, 0) is 17.8 Å². The SMILES string of the molecule is Cc1cc2c(cc1F)CN(C[C@H](C)NC(=O)CNO)CC2. The molecule has 3 N–H and O–H groups in total. The largest absolute Gasteiger partial charge is 0.351 e. The second kappa shape index (κ2) is 6.98. The van der Waals surface area contributed by atoms with Crippen LogP contribution < -0.4 is 10.8 Å². The topological polar surface area (TPSA) is 64.6 Å². The fourth-order valence-corrected chi connectivity index (χ4v) is 2.75. The highest BCUT2D eigenvalue weighted by Gasteiger charge is 2.20. The zero-order chi connectivity index (χ0) is 15.4. The molecule has 5 nitrogen and oxygen atoms in total. The van der Waals surface area contributed by atoms with Crippen LogP contribution in [0.25, 0.3) is 0 Å². The third-order valence-electron chi connectivity index (χ3n) is 3.75. The Morgan fingerprint density at radius 1 is 1.48 bits per heavy atom. The van der Waals surface area contributed by atoms with Crippen molar-refractivity contribution in [1.29, 1.82) is 0 Å². The molecular formula is C15H22FN3O2. The quantitative estimate of drug-likeness (QED) is 0.709. The van der Waals surface area contributed by atoms with Gasteiger partial charge in [0, 0.05) is 25.7 Å². The van der Waals surface area contributed by atoms with Crippen LogP contribution >= 0.6 is 0 Å². The number of nitrogens with zero attached hydrogens (tertiary/aromatic N) is 1. The highest BCUT2D eigenvalue weighted by molar-refractivity contribution is 5.78. The molecule has 1 amide bonds. The molecule has 1 aromatic rings. The lowest BCUT2D eigenvalue weighted by molar-refractivity contribution is -0.122. The van der Waals surface area contributed by atoms with E-state index in [9.17, 15) is 9.18 Å². The molecule has 0 saturated heterocycles. The van der Waals surface area contributed by atoms with Crippen molar-refractivity contribution in [3.63, 3.8) is 0 Å². The van der Waals surface area contributed by atoms with Crippen LogP contribution in [0.4, 0.5) is 4.39 Å². The number of hydroxylamine groups is 1. The second-order valence-corrected chi connectivity index (χ2v) is 5.66. The average Bonchev–Trinajstić information content (AvgIpc) is 2.40. The van der Waals surface area contributed by atoms with Crippen molar-refractivity contribution in [3.8, 4) is 0 Å². The molecular weight excluding hydrogens is 273 g/mol. The van der Waals surface area contributed by atoms with E-state index in [4.69, 9.17) is 5.21 Å². The Labute approximate surface area is 124 Å². The van der Waals surface area contributed by atoms with Crippen LogP contribution in [0, 0.1) is 12.7 Å². The predicted molar refractivity (Wildman–Crippen MR) is 77.5 cm³/mol. The Morgan fingerprint density at radius 2 is 2.24 bits per heavy atom. The van der Waals surface area contributed by atoms with Gasteiger partial charge in [-0.15, -0.1) is 0 Å². The molecule has 116 valence electrons. The lowest BCUT2D eigenvalue weighted by Crippen LogP contribution is -2.45. The van der Waals surface area contributed by atoms with Gasteiger partial charge >= 0.3 is 0 Å². The van der Waals surface area contributed by atoms with Gasteiger partial charge in [-0.2, -0.15) is 5.48 Å². The maximum atomic E-state index is 13.6. The van der Waals surface area contributed by atoms with Crippen molar-refractivity contribution in [1.82, 2.24) is 15.7 Å². The molecule has 0 fully saturated rings. The van der Waals surface area contributed by atoms with E-state index in [1.165, 1.54) is 5.56 Å². The van der Waals surface area contributed by atoms with E-state index in [1.54, 1.807) is 13.0 Å². The molecule has 1 aliphatic heterocycles. The standard InChI is InChI=1S/C15H22FN3O2/c1-10-5-12-3-4-19(9-13(12)6-14(10)16)8-11(2)18-15(20)7-17-21/h5-6,11,17,21H,3-4,7-9H2,1-2H3,(H,18,20)/t11-/m0/s1. The molecule has 1 aliphatic rings. The fraction of sp³-hybridized carbons (Fsp3) is 0.533. The number of carbonyl (C=O) groups excluding carboxylic acids is 1. The summed E-state index contributed by atoms with van der Waals surface area (Å²) in [5, 5.41) is 11.3. The molecule has 0 aliphatic carbocycles. The minimum Gasteiger partial charge on any atom is -0.351 e. The van der Waals surface area contributed by atoms with Crippen LogP contribution in [0.2, 0.25) is 0 Å². The molecule has 0 unspecified atom stereocenters. The summed E-state index contributed by atoms with van der Waals surface area (Å²) in [6, 6.07) is 3.53. The van der Waals surface area contributed by atoms with Crippen LogP contribution in [-0.4, -0.2) is 41.7 Å². The zero-order valence-corrected chi connectivity index (χ0v) is 12.4. The van der Waals surface area contributed by atoms with E-state index in [-0.39, 0.29) is 24.3 Å². The maximum absolute atomic E-state index is 13.6. The van der Waals surface area contributed by atoms with Gasteiger partial charge in [-0.3, -0.25) is 9.69 Å². The van der Waals surface area contributed by atoms with Crippen molar-refractivity contribution >= 4 is 5.91 Å². The first-order valence-corrected chi connectivity index (χ1v) is 7.16. The number of carbonyl (C=O) groups is 1. The Bertz CT molecular complexity index is 522. The van der Waals surface area contributed by atoms with Gasteiger partial charge in [-0.05, 0) is 43.0 Å². The van der Waals surface area contributed by atoms with Crippen LogP contribution in [0.1, 0.15) is 23.6 Å². The molecule has 0 aromatic heterocycles. The summed E-state index contributed by atoms with van der Waals surface area (Å²) >= 11 is 0. The Hall–Kier alpha value is -1.50. The van der Waals surface area contributed by atoms with Crippen molar-refractivity contribution in [2.24, 2.45) is 0 Å². The van der Waals surface area contributed by atoms with E-state index >= 15 is 0 Å². The molecule has 0 saturated carbocycles. The minimum atomic E-state index is -0.246. The monoisotopic (exact) mass is 295 g/mol. The van der Waals surface area contributed by atoms with Gasteiger partial charge in [0.15, 0.2) is 0 Å². The fourth-order valence-electron chi connectivity index (χ4n) is 2.75. The lowest BCUT2D eigenvalue weighted by atomic mass is 9.97. The van der Waals surface area contributed by atoms with E-state index in [0.29, 0.717) is 18.7 Å². The zero-order valence-electron chi connectivity index (χ0n) is 12.4. The van der Waals surface area contributed by atoms with Crippen molar-refractivity contribution < 1.29 is 14.4 Å². The average molecular weight is 295 g/mol. The van der Waals surface area contributed by atoms with Crippen molar-refractivity contribution in [3.05, 3.63) is 34.6 Å². The summed E-state index contributed by atoms with van der Waals surface area (Å²) in [7, 11) is 0. The minimum absolute atomic E-state index is 0.0253. The Morgan fingerprint density at radius 3 is 2.95 bits per heavy atom. The molecule has 1 aromatic carbocycles. The Kier molecular flexibility index (Phi) is 5.27.